The number of thiazole rings is 1. The lowest BCUT2D eigenvalue weighted by Crippen LogP contribution is -2.39. The normalized spacial score (nSPS) is 20.5. The van der Waals surface area contributed by atoms with Crippen molar-refractivity contribution < 1.29 is 4.79 Å². The summed E-state index contributed by atoms with van der Waals surface area (Å²) in [5.41, 5.74) is 0. The molecule has 1 aliphatic heterocycles. The van der Waals surface area contributed by atoms with Crippen LogP contribution >= 0.6 is 11.3 Å². The lowest BCUT2D eigenvalue weighted by molar-refractivity contribution is -0.122. The lowest BCUT2D eigenvalue weighted by Gasteiger charge is -2.09. The third-order valence-corrected chi connectivity index (χ3v) is 3.40. The highest BCUT2D eigenvalue weighted by Gasteiger charge is 2.21. The van der Waals surface area contributed by atoms with Gasteiger partial charge in [0.2, 0.25) is 5.91 Å². The van der Waals surface area contributed by atoms with E-state index in [1.54, 1.807) is 11.3 Å². The van der Waals surface area contributed by atoms with Gasteiger partial charge in [-0.25, -0.2) is 4.98 Å². The third-order valence-electron chi connectivity index (χ3n) is 2.48. The molecule has 5 heteroatoms. The second kappa shape index (κ2) is 4.72. The average molecular weight is 225 g/mol. The first-order valence-electron chi connectivity index (χ1n) is 5.18. The summed E-state index contributed by atoms with van der Waals surface area (Å²) >= 11 is 1.63. The molecule has 0 aliphatic carbocycles. The van der Waals surface area contributed by atoms with Crippen molar-refractivity contribution in [1.29, 1.82) is 0 Å². The number of hydrogen-bond acceptors (Lipinski definition) is 4. The van der Waals surface area contributed by atoms with E-state index in [1.807, 2.05) is 13.1 Å². The number of carbonyl (C=O) groups excluding carboxylic acids is 1. The van der Waals surface area contributed by atoms with Crippen LogP contribution in [0.2, 0.25) is 0 Å². The number of nitrogens with one attached hydrogen (secondary N) is 2. The minimum atomic E-state index is 0.0130. The predicted octanol–water partition coefficient (Wildman–Crippen LogP) is 0.820. The SMILES string of the molecule is Cc1ncc(CNC(=O)C2CCCN2)s1. The van der Waals surface area contributed by atoms with Gasteiger partial charge in [0.05, 0.1) is 17.6 Å². The molecule has 0 aromatic carbocycles. The molecule has 1 unspecified atom stereocenters. The van der Waals surface area contributed by atoms with Crippen molar-refractivity contribution in [1.82, 2.24) is 15.6 Å². The second-order valence-electron chi connectivity index (χ2n) is 3.71. The maximum atomic E-state index is 11.6. The topological polar surface area (TPSA) is 54.0 Å². The summed E-state index contributed by atoms with van der Waals surface area (Å²) in [5.74, 6) is 0.110. The quantitative estimate of drug-likeness (QED) is 0.801. The van der Waals surface area contributed by atoms with E-state index in [0.717, 1.165) is 29.3 Å². The molecule has 2 rings (SSSR count). The Balaban J connectivity index is 1.80. The van der Waals surface area contributed by atoms with Crippen LogP contribution in [0.25, 0.3) is 0 Å². The van der Waals surface area contributed by atoms with Crippen LogP contribution in [0.3, 0.4) is 0 Å². The van der Waals surface area contributed by atoms with Crippen molar-refractivity contribution in [3.05, 3.63) is 16.1 Å². The molecule has 0 radical (unpaired) electrons. The summed E-state index contributed by atoms with van der Waals surface area (Å²) in [4.78, 5) is 16.9. The summed E-state index contributed by atoms with van der Waals surface area (Å²) in [5, 5.41) is 7.14. The van der Waals surface area contributed by atoms with Crippen LogP contribution in [0.1, 0.15) is 22.7 Å². The van der Waals surface area contributed by atoms with Crippen molar-refractivity contribution >= 4 is 17.2 Å². The fourth-order valence-electron chi connectivity index (χ4n) is 1.69. The molecule has 2 heterocycles. The summed E-state index contributed by atoms with van der Waals surface area (Å²) in [6, 6.07) is 0.0130. The predicted molar refractivity (Wildman–Crippen MR) is 59.7 cm³/mol. The molecule has 1 amide bonds. The Morgan fingerprint density at radius 3 is 3.27 bits per heavy atom. The van der Waals surface area contributed by atoms with Gasteiger partial charge in [-0.2, -0.15) is 0 Å². The van der Waals surface area contributed by atoms with E-state index in [4.69, 9.17) is 0 Å². The molecule has 1 fully saturated rings. The van der Waals surface area contributed by atoms with Gasteiger partial charge in [0.1, 0.15) is 0 Å². The Labute approximate surface area is 93.1 Å². The molecule has 2 N–H and O–H groups in total. The van der Waals surface area contributed by atoms with Gasteiger partial charge in [-0.1, -0.05) is 0 Å². The van der Waals surface area contributed by atoms with Gasteiger partial charge < -0.3 is 10.6 Å². The minimum Gasteiger partial charge on any atom is -0.350 e. The fraction of sp³-hybridized carbons (Fsp3) is 0.600. The Morgan fingerprint density at radius 2 is 2.67 bits per heavy atom. The second-order valence-corrected chi connectivity index (χ2v) is 5.03. The van der Waals surface area contributed by atoms with E-state index >= 15 is 0 Å². The first-order chi connectivity index (χ1) is 7.25. The van der Waals surface area contributed by atoms with Gasteiger partial charge in [-0.15, -0.1) is 11.3 Å². The molecule has 0 spiro atoms. The maximum Gasteiger partial charge on any atom is 0.237 e. The van der Waals surface area contributed by atoms with Crippen molar-refractivity contribution in [2.24, 2.45) is 0 Å². The van der Waals surface area contributed by atoms with Gasteiger partial charge in [0.25, 0.3) is 0 Å². The molecule has 1 saturated heterocycles. The number of amides is 1. The lowest BCUT2D eigenvalue weighted by atomic mass is 10.2. The Bertz CT molecular complexity index is 344. The third kappa shape index (κ3) is 2.76. The van der Waals surface area contributed by atoms with Crippen LogP contribution in [-0.2, 0) is 11.3 Å². The van der Waals surface area contributed by atoms with E-state index in [0.29, 0.717) is 6.54 Å². The smallest absolute Gasteiger partial charge is 0.237 e. The maximum absolute atomic E-state index is 11.6. The molecule has 4 nitrogen and oxygen atoms in total. The molecule has 82 valence electrons. The van der Waals surface area contributed by atoms with E-state index < -0.39 is 0 Å². The fourth-order valence-corrected chi connectivity index (χ4v) is 2.43. The number of carbonyl (C=O) groups is 1. The zero-order valence-electron chi connectivity index (χ0n) is 8.75. The monoisotopic (exact) mass is 225 g/mol. The highest BCUT2D eigenvalue weighted by atomic mass is 32.1. The molecule has 1 atom stereocenters. The zero-order valence-corrected chi connectivity index (χ0v) is 9.56. The molecular weight excluding hydrogens is 210 g/mol. The number of hydrogen-bond donors (Lipinski definition) is 2. The van der Waals surface area contributed by atoms with Crippen LogP contribution in [0, 0.1) is 6.92 Å². The molecule has 1 aliphatic rings. The van der Waals surface area contributed by atoms with Gasteiger partial charge in [0, 0.05) is 11.1 Å². The average Bonchev–Trinajstić information content (AvgIpc) is 2.84. The van der Waals surface area contributed by atoms with Crippen LogP contribution in [0.5, 0.6) is 0 Å². The van der Waals surface area contributed by atoms with Crippen LogP contribution in [-0.4, -0.2) is 23.5 Å². The summed E-state index contributed by atoms with van der Waals surface area (Å²) in [7, 11) is 0. The molecule has 1 aromatic rings. The standard InChI is InChI=1S/C10H15N3OS/c1-7-12-5-8(15-7)6-13-10(14)9-3-2-4-11-9/h5,9,11H,2-4,6H2,1H3,(H,13,14). The molecule has 15 heavy (non-hydrogen) atoms. The van der Waals surface area contributed by atoms with Crippen LogP contribution in [0.15, 0.2) is 6.20 Å². The van der Waals surface area contributed by atoms with E-state index in [9.17, 15) is 4.79 Å². The first-order valence-corrected chi connectivity index (χ1v) is 6.00. The molecule has 1 aromatic heterocycles. The molecule has 0 bridgehead atoms. The zero-order chi connectivity index (χ0) is 10.7. The van der Waals surface area contributed by atoms with Gasteiger partial charge in [0.15, 0.2) is 0 Å². The first kappa shape index (κ1) is 10.6. The minimum absolute atomic E-state index is 0.0130. The van der Waals surface area contributed by atoms with Crippen LogP contribution in [0.4, 0.5) is 0 Å². The molecular formula is C10H15N3OS. The summed E-state index contributed by atoms with van der Waals surface area (Å²) in [6.07, 6.45) is 3.87. The summed E-state index contributed by atoms with van der Waals surface area (Å²) in [6.45, 7) is 3.52. The van der Waals surface area contributed by atoms with Crippen molar-refractivity contribution in [3.63, 3.8) is 0 Å². The summed E-state index contributed by atoms with van der Waals surface area (Å²) < 4.78 is 0. The van der Waals surface area contributed by atoms with Crippen molar-refractivity contribution in [2.75, 3.05) is 6.54 Å². The van der Waals surface area contributed by atoms with Crippen LogP contribution < -0.4 is 10.6 Å². The van der Waals surface area contributed by atoms with E-state index in [2.05, 4.69) is 15.6 Å². The molecule has 0 saturated carbocycles. The van der Waals surface area contributed by atoms with Crippen molar-refractivity contribution in [2.45, 2.75) is 32.4 Å². The van der Waals surface area contributed by atoms with Crippen molar-refractivity contribution in [3.8, 4) is 0 Å². The highest BCUT2D eigenvalue weighted by molar-refractivity contribution is 7.11. The Hall–Kier alpha value is -0.940. The van der Waals surface area contributed by atoms with E-state index in [-0.39, 0.29) is 11.9 Å². The van der Waals surface area contributed by atoms with E-state index in [1.165, 1.54) is 0 Å². The largest absolute Gasteiger partial charge is 0.350 e. The Morgan fingerprint density at radius 1 is 1.80 bits per heavy atom. The number of aromatic nitrogens is 1. The van der Waals surface area contributed by atoms with Gasteiger partial charge >= 0.3 is 0 Å². The Kier molecular flexibility index (Phi) is 3.33. The number of nitrogens with zero attached hydrogens (tertiary/aromatic N) is 1. The number of rotatable bonds is 3. The van der Waals surface area contributed by atoms with Gasteiger partial charge in [-0.3, -0.25) is 4.79 Å². The number of aryl methyl sites for hydroxylation is 1. The van der Waals surface area contributed by atoms with Gasteiger partial charge in [-0.05, 0) is 26.3 Å². The highest BCUT2D eigenvalue weighted by Crippen LogP contribution is 2.11.